The van der Waals surface area contributed by atoms with E-state index in [1.807, 2.05) is 6.92 Å². The molecule has 1 unspecified atom stereocenters. The Hall–Kier alpha value is -0.610. The molecule has 0 aliphatic carbocycles. The highest BCUT2D eigenvalue weighted by Crippen LogP contribution is 2.04. The first kappa shape index (κ1) is 12.4. The molecule has 0 rings (SSSR count). The van der Waals surface area contributed by atoms with Gasteiger partial charge in [0.2, 0.25) is 5.91 Å². The number of aliphatic hydroxyl groups excluding tert-OH is 1. The second-order valence-electron chi connectivity index (χ2n) is 3.42. The van der Waals surface area contributed by atoms with Crippen LogP contribution in [0.5, 0.6) is 0 Å². The summed E-state index contributed by atoms with van der Waals surface area (Å²) in [5.41, 5.74) is 5.33. The van der Waals surface area contributed by atoms with Gasteiger partial charge in [0.05, 0.1) is 6.61 Å². The molecule has 0 saturated heterocycles. The minimum Gasteiger partial charge on any atom is -0.394 e. The Kier molecular flexibility index (Phi) is 6.54. The lowest BCUT2D eigenvalue weighted by molar-refractivity contribution is -0.125. The van der Waals surface area contributed by atoms with Crippen LogP contribution in [0.15, 0.2) is 0 Å². The smallest absolute Gasteiger partial charge is 0.223 e. The van der Waals surface area contributed by atoms with E-state index in [-0.39, 0.29) is 24.5 Å². The second-order valence-corrected chi connectivity index (χ2v) is 3.42. The molecule has 0 fully saturated rings. The van der Waals surface area contributed by atoms with Crippen LogP contribution >= 0.6 is 0 Å². The predicted molar refractivity (Wildman–Crippen MR) is 52.1 cm³/mol. The van der Waals surface area contributed by atoms with E-state index >= 15 is 0 Å². The number of nitrogens with one attached hydrogen (secondary N) is 1. The Balaban J connectivity index is 3.68. The van der Waals surface area contributed by atoms with Crippen molar-refractivity contribution in [3.8, 4) is 0 Å². The van der Waals surface area contributed by atoms with Crippen molar-refractivity contribution in [2.45, 2.75) is 32.7 Å². The Bertz CT molecular complexity index is 151. The van der Waals surface area contributed by atoms with Gasteiger partial charge in [-0.25, -0.2) is 0 Å². The lowest BCUT2D eigenvalue weighted by Crippen LogP contribution is -2.38. The normalized spacial score (nSPS) is 15.1. The van der Waals surface area contributed by atoms with Crippen molar-refractivity contribution in [2.75, 3.05) is 13.2 Å². The third-order valence-corrected chi connectivity index (χ3v) is 1.95. The molecule has 0 bridgehead atoms. The van der Waals surface area contributed by atoms with Gasteiger partial charge in [-0.15, -0.1) is 0 Å². The Morgan fingerprint density at radius 1 is 1.54 bits per heavy atom. The van der Waals surface area contributed by atoms with Crippen molar-refractivity contribution in [3.63, 3.8) is 0 Å². The number of aliphatic hydroxyl groups is 1. The largest absolute Gasteiger partial charge is 0.394 e. The molecule has 0 saturated carbocycles. The van der Waals surface area contributed by atoms with Crippen molar-refractivity contribution in [3.05, 3.63) is 0 Å². The van der Waals surface area contributed by atoms with Gasteiger partial charge >= 0.3 is 0 Å². The number of hydrogen-bond acceptors (Lipinski definition) is 3. The summed E-state index contributed by atoms with van der Waals surface area (Å²) < 4.78 is 0. The van der Waals surface area contributed by atoms with Crippen LogP contribution in [-0.2, 0) is 4.79 Å². The minimum absolute atomic E-state index is 0.00463. The van der Waals surface area contributed by atoms with Crippen LogP contribution < -0.4 is 11.1 Å². The maximum Gasteiger partial charge on any atom is 0.223 e. The molecule has 4 nitrogen and oxygen atoms in total. The summed E-state index contributed by atoms with van der Waals surface area (Å²) in [6, 6.07) is -0.159. The molecule has 1 amide bonds. The van der Waals surface area contributed by atoms with Gasteiger partial charge in [0.15, 0.2) is 0 Å². The molecule has 0 aliphatic heterocycles. The lowest BCUT2D eigenvalue weighted by Gasteiger charge is -2.15. The van der Waals surface area contributed by atoms with Crippen LogP contribution in [0.1, 0.15) is 26.7 Å². The van der Waals surface area contributed by atoms with E-state index in [4.69, 9.17) is 10.8 Å². The number of carbonyl (C=O) groups is 1. The maximum atomic E-state index is 11.4. The Morgan fingerprint density at radius 3 is 2.62 bits per heavy atom. The summed E-state index contributed by atoms with van der Waals surface area (Å²) >= 11 is 0. The van der Waals surface area contributed by atoms with Crippen molar-refractivity contribution < 1.29 is 9.90 Å². The van der Waals surface area contributed by atoms with Crippen molar-refractivity contribution in [1.82, 2.24) is 5.32 Å². The summed E-state index contributed by atoms with van der Waals surface area (Å²) in [7, 11) is 0. The van der Waals surface area contributed by atoms with Gasteiger partial charge in [-0.1, -0.05) is 6.92 Å². The van der Waals surface area contributed by atoms with Crippen molar-refractivity contribution in [1.29, 1.82) is 0 Å². The van der Waals surface area contributed by atoms with Gasteiger partial charge in [0, 0.05) is 12.0 Å². The first-order valence-corrected chi connectivity index (χ1v) is 4.73. The maximum absolute atomic E-state index is 11.4. The molecule has 2 atom stereocenters. The molecule has 0 heterocycles. The molecular formula is C9H20N2O2. The molecule has 0 aliphatic rings. The lowest BCUT2D eigenvalue weighted by atomic mass is 10.0. The van der Waals surface area contributed by atoms with Crippen molar-refractivity contribution in [2.24, 2.45) is 11.7 Å². The minimum atomic E-state index is -0.159. The standard InChI is InChI=1S/C9H20N2O2/c1-7(4-3-5-10)9(13)11-8(2)6-12/h7-8,12H,3-6,10H2,1-2H3,(H,11,13)/t7?,8-/m0/s1. The van der Waals surface area contributed by atoms with Gasteiger partial charge in [-0.2, -0.15) is 0 Å². The van der Waals surface area contributed by atoms with E-state index in [9.17, 15) is 4.79 Å². The molecule has 78 valence electrons. The third-order valence-electron chi connectivity index (χ3n) is 1.95. The fraction of sp³-hybridized carbons (Fsp3) is 0.889. The molecule has 0 spiro atoms. The van der Waals surface area contributed by atoms with E-state index in [0.717, 1.165) is 12.8 Å². The van der Waals surface area contributed by atoms with E-state index in [2.05, 4.69) is 5.32 Å². The topological polar surface area (TPSA) is 75.4 Å². The first-order chi connectivity index (χ1) is 6.11. The number of carbonyl (C=O) groups excluding carboxylic acids is 1. The summed E-state index contributed by atoms with van der Waals surface area (Å²) in [5.74, 6) is -0.0208. The number of amides is 1. The molecule has 0 radical (unpaired) electrons. The quantitative estimate of drug-likeness (QED) is 0.543. The van der Waals surface area contributed by atoms with E-state index in [1.165, 1.54) is 0 Å². The van der Waals surface area contributed by atoms with E-state index < -0.39 is 0 Å². The van der Waals surface area contributed by atoms with Gasteiger partial charge in [0.25, 0.3) is 0 Å². The molecule has 4 heteroatoms. The highest BCUT2D eigenvalue weighted by atomic mass is 16.3. The molecule has 0 aromatic carbocycles. The molecule has 0 aromatic rings. The average molecular weight is 188 g/mol. The highest BCUT2D eigenvalue weighted by Gasteiger charge is 2.13. The fourth-order valence-corrected chi connectivity index (χ4v) is 0.986. The van der Waals surface area contributed by atoms with E-state index in [1.54, 1.807) is 6.92 Å². The van der Waals surface area contributed by atoms with Crippen LogP contribution in [0.3, 0.4) is 0 Å². The number of nitrogens with two attached hydrogens (primary N) is 1. The van der Waals surface area contributed by atoms with Gasteiger partial charge in [-0.3, -0.25) is 4.79 Å². The average Bonchev–Trinajstić information content (AvgIpc) is 2.13. The van der Waals surface area contributed by atoms with Gasteiger partial charge in [-0.05, 0) is 26.3 Å². The Labute approximate surface area is 79.5 Å². The number of hydrogen-bond donors (Lipinski definition) is 3. The molecule has 4 N–H and O–H groups in total. The zero-order chi connectivity index (χ0) is 10.3. The van der Waals surface area contributed by atoms with Crippen LogP contribution in [0.2, 0.25) is 0 Å². The van der Waals surface area contributed by atoms with Gasteiger partial charge in [0.1, 0.15) is 0 Å². The predicted octanol–water partition coefficient (Wildman–Crippen LogP) is -0.142. The summed E-state index contributed by atoms with van der Waals surface area (Å²) in [6.07, 6.45) is 1.67. The zero-order valence-corrected chi connectivity index (χ0v) is 8.42. The van der Waals surface area contributed by atoms with Crippen LogP contribution in [0, 0.1) is 5.92 Å². The van der Waals surface area contributed by atoms with E-state index in [0.29, 0.717) is 6.54 Å². The van der Waals surface area contributed by atoms with Crippen LogP contribution in [-0.4, -0.2) is 30.2 Å². The van der Waals surface area contributed by atoms with Crippen LogP contribution in [0.4, 0.5) is 0 Å². The monoisotopic (exact) mass is 188 g/mol. The Morgan fingerprint density at radius 2 is 2.15 bits per heavy atom. The highest BCUT2D eigenvalue weighted by molar-refractivity contribution is 5.78. The zero-order valence-electron chi connectivity index (χ0n) is 8.42. The SMILES string of the molecule is CC(CCCN)C(=O)N[C@@H](C)CO. The fourth-order valence-electron chi connectivity index (χ4n) is 0.986. The second kappa shape index (κ2) is 6.86. The molecule has 0 aromatic heterocycles. The summed E-state index contributed by atoms with van der Waals surface area (Å²) in [4.78, 5) is 11.4. The third kappa shape index (κ3) is 5.60. The summed E-state index contributed by atoms with van der Waals surface area (Å²) in [6.45, 7) is 4.24. The van der Waals surface area contributed by atoms with Crippen molar-refractivity contribution >= 4 is 5.91 Å². The molecular weight excluding hydrogens is 168 g/mol. The first-order valence-electron chi connectivity index (χ1n) is 4.73. The van der Waals surface area contributed by atoms with Gasteiger partial charge < -0.3 is 16.2 Å². The molecule has 13 heavy (non-hydrogen) atoms. The number of rotatable bonds is 6. The van der Waals surface area contributed by atoms with Crippen LogP contribution in [0.25, 0.3) is 0 Å². The summed E-state index contributed by atoms with van der Waals surface area (Å²) in [5, 5.41) is 11.4.